The van der Waals surface area contributed by atoms with Gasteiger partial charge in [0.25, 0.3) is 0 Å². The first kappa shape index (κ1) is 5.12. The molecule has 0 saturated carbocycles. The molecule has 0 unspecified atom stereocenters. The van der Waals surface area contributed by atoms with E-state index in [0.29, 0.717) is 0 Å². The number of H-pyrrole nitrogens is 1. The van der Waals surface area contributed by atoms with Gasteiger partial charge in [0.2, 0.25) is 10.0 Å². The molecule has 2 rings (SSSR count). The summed E-state index contributed by atoms with van der Waals surface area (Å²) in [6.45, 7) is -11.1. The van der Waals surface area contributed by atoms with Gasteiger partial charge in [-0.2, -0.15) is 0 Å². The number of rotatable bonds is 6. The summed E-state index contributed by atoms with van der Waals surface area (Å²) < 4.78 is 137. The van der Waals surface area contributed by atoms with Crippen molar-refractivity contribution < 1.29 is 27.6 Å². The van der Waals surface area contributed by atoms with Crippen molar-refractivity contribution in [3.05, 3.63) is 35.4 Å². The SMILES string of the molecule is [2H]c1[nH]c2c([2H])c([2H])c(CS(=O)(=O)NC)c([2H])c2c1C([2H])([2H])C([2H])([2H])N(C([2H])([2H])[2H])C([2H])([2H])[2H]. The van der Waals surface area contributed by atoms with E-state index in [2.05, 4.69) is 4.98 Å². The Morgan fingerprint density at radius 2 is 2.30 bits per heavy atom. The lowest BCUT2D eigenvalue weighted by atomic mass is 10.1. The summed E-state index contributed by atoms with van der Waals surface area (Å²) in [5.74, 6) is -0.965. The van der Waals surface area contributed by atoms with Crippen molar-refractivity contribution in [1.29, 1.82) is 0 Å². The Labute approximate surface area is 139 Å². The quantitative estimate of drug-likeness (QED) is 0.846. The second-order valence-corrected chi connectivity index (χ2v) is 5.69. The largest absolute Gasteiger partial charge is 0.361 e. The van der Waals surface area contributed by atoms with Gasteiger partial charge in [-0.3, -0.25) is 0 Å². The molecular weight excluding hydrogens is 274 g/mol. The summed E-state index contributed by atoms with van der Waals surface area (Å²) in [4.78, 5) is 1.61. The fourth-order valence-corrected chi connectivity index (χ4v) is 2.12. The summed E-state index contributed by atoms with van der Waals surface area (Å²) in [5.41, 5.74) is -2.01. The normalized spacial score (nSPS) is 25.3. The molecular formula is C14H21N3O2S. The Hall–Kier alpha value is -1.37. The third-order valence-electron chi connectivity index (χ3n) is 2.36. The van der Waals surface area contributed by atoms with E-state index in [1.807, 2.05) is 4.72 Å². The van der Waals surface area contributed by atoms with Crippen LogP contribution in [0, 0.1) is 0 Å². The van der Waals surface area contributed by atoms with Crippen molar-refractivity contribution in [3.8, 4) is 0 Å². The van der Waals surface area contributed by atoms with E-state index in [9.17, 15) is 8.42 Å². The molecule has 0 atom stereocenters. The predicted molar refractivity (Wildman–Crippen MR) is 82.2 cm³/mol. The molecule has 2 N–H and O–H groups in total. The van der Waals surface area contributed by atoms with Gasteiger partial charge in [-0.05, 0) is 50.6 Å². The molecule has 5 nitrogen and oxygen atoms in total. The van der Waals surface area contributed by atoms with Crippen molar-refractivity contribution in [1.82, 2.24) is 14.6 Å². The highest BCUT2D eigenvalue weighted by atomic mass is 32.2. The fraction of sp³-hybridized carbons (Fsp3) is 0.429. The topological polar surface area (TPSA) is 65.2 Å². The predicted octanol–water partition coefficient (Wildman–Crippen LogP) is 1.32. The van der Waals surface area contributed by atoms with Crippen LogP contribution in [0.4, 0.5) is 0 Å². The van der Waals surface area contributed by atoms with Crippen molar-refractivity contribution in [3.63, 3.8) is 0 Å². The lowest BCUT2D eigenvalue weighted by molar-refractivity contribution is 0.414. The molecule has 2 aromatic rings. The Balaban J connectivity index is 2.98. The zero-order chi connectivity index (χ0) is 26.8. The van der Waals surface area contributed by atoms with Gasteiger partial charge in [0.15, 0.2) is 0 Å². The van der Waals surface area contributed by atoms with Crippen LogP contribution in [-0.2, 0) is 22.1 Å². The number of likely N-dealkylation sites (N-methyl/N-ethyl adjacent to an activating group) is 1. The van der Waals surface area contributed by atoms with E-state index in [4.69, 9.17) is 19.2 Å². The van der Waals surface area contributed by atoms with Gasteiger partial charge in [-0.25, -0.2) is 13.1 Å². The molecule has 1 aromatic carbocycles. The van der Waals surface area contributed by atoms with E-state index in [0.717, 1.165) is 7.05 Å². The maximum absolute atomic E-state index is 12.0. The Morgan fingerprint density at radius 1 is 1.50 bits per heavy atom. The molecule has 1 aromatic heterocycles. The Morgan fingerprint density at radius 3 is 3.00 bits per heavy atom. The number of aromatic amines is 1. The second-order valence-electron chi connectivity index (χ2n) is 3.76. The summed E-state index contributed by atoms with van der Waals surface area (Å²) in [5, 5.41) is -0.641. The maximum Gasteiger partial charge on any atom is 0.215 e. The first-order chi connectivity index (χ1) is 15.0. The van der Waals surface area contributed by atoms with Gasteiger partial charge in [0.05, 0.1) is 11.2 Å². The van der Waals surface area contributed by atoms with Crippen molar-refractivity contribution in [2.24, 2.45) is 0 Å². The molecule has 6 heteroatoms. The van der Waals surface area contributed by atoms with Crippen LogP contribution in [0.2, 0.25) is 0 Å². The minimum atomic E-state index is -4.08. The van der Waals surface area contributed by atoms with Gasteiger partial charge in [-0.1, -0.05) is 6.04 Å². The molecule has 0 aliphatic carbocycles. The van der Waals surface area contributed by atoms with Crippen molar-refractivity contribution in [2.75, 3.05) is 27.5 Å². The number of nitrogens with one attached hydrogen (secondary N) is 2. The first-order valence-electron chi connectivity index (χ1n) is 12.4. The van der Waals surface area contributed by atoms with Gasteiger partial charge < -0.3 is 9.88 Å². The van der Waals surface area contributed by atoms with Crippen LogP contribution in [0.5, 0.6) is 0 Å². The molecule has 0 bridgehead atoms. The van der Waals surface area contributed by atoms with Crippen LogP contribution >= 0.6 is 0 Å². The zero-order valence-corrected chi connectivity index (χ0v) is 11.2. The number of benzene rings is 1. The molecule has 0 spiro atoms. The average molecular weight is 309 g/mol. The number of aromatic nitrogens is 1. The molecule has 0 aliphatic rings. The monoisotopic (exact) mass is 309 g/mol. The summed E-state index contributed by atoms with van der Waals surface area (Å²) >= 11 is 0. The lowest BCUT2D eigenvalue weighted by Crippen LogP contribution is -2.20. The number of fused-ring (bicyclic) bond motifs is 1. The summed E-state index contributed by atoms with van der Waals surface area (Å²) in [6, 6.07) is -2.24. The third kappa shape index (κ3) is 3.59. The maximum atomic E-state index is 12.0. The van der Waals surface area contributed by atoms with Crippen LogP contribution in [0.3, 0.4) is 0 Å². The number of hydrogen-bond acceptors (Lipinski definition) is 3. The highest BCUT2D eigenvalue weighted by Gasteiger charge is 2.11. The van der Waals surface area contributed by atoms with Gasteiger partial charge in [0.1, 0.15) is 0 Å². The van der Waals surface area contributed by atoms with Gasteiger partial charge >= 0.3 is 0 Å². The highest BCUT2D eigenvalue weighted by molar-refractivity contribution is 7.88. The number of sulfonamides is 1. The van der Waals surface area contributed by atoms with Gasteiger partial charge in [-0.15, -0.1) is 0 Å². The summed E-state index contributed by atoms with van der Waals surface area (Å²) in [6.07, 6.45) is -4.49. The minimum absolute atomic E-state index is 0.463. The van der Waals surface area contributed by atoms with E-state index in [1.165, 1.54) is 0 Å². The van der Waals surface area contributed by atoms with Crippen LogP contribution in [0.15, 0.2) is 24.3 Å². The lowest BCUT2D eigenvalue weighted by Gasteiger charge is -2.08. The van der Waals surface area contributed by atoms with E-state index in [-0.39, 0.29) is 0 Å². The molecule has 110 valence electrons. The molecule has 0 fully saturated rings. The van der Waals surface area contributed by atoms with Crippen LogP contribution in [0.25, 0.3) is 10.9 Å². The summed E-state index contributed by atoms with van der Waals surface area (Å²) in [7, 11) is -3.01. The van der Waals surface area contributed by atoms with Crippen molar-refractivity contribution >= 4 is 20.9 Å². The molecule has 0 saturated heterocycles. The average Bonchev–Trinajstić information content (AvgIpc) is 2.98. The van der Waals surface area contributed by atoms with Crippen LogP contribution < -0.4 is 4.72 Å². The zero-order valence-electron chi connectivity index (χ0n) is 24.4. The minimum Gasteiger partial charge on any atom is -0.361 e. The second kappa shape index (κ2) is 5.95. The van der Waals surface area contributed by atoms with E-state index < -0.39 is 93.8 Å². The molecule has 20 heavy (non-hydrogen) atoms. The number of aryl methyl sites for hydroxylation is 1. The molecule has 0 radical (unpaired) electrons. The number of nitrogens with zero attached hydrogens (tertiary/aromatic N) is 1. The molecule has 1 heterocycles. The Bertz CT molecular complexity index is 1200. The number of hydrogen-bond donors (Lipinski definition) is 2. The molecule has 0 aliphatic heterocycles. The molecule has 0 amide bonds. The van der Waals surface area contributed by atoms with E-state index >= 15 is 0 Å². The van der Waals surface area contributed by atoms with E-state index in [1.54, 1.807) is 0 Å². The highest BCUT2D eigenvalue weighted by Crippen LogP contribution is 2.21. The standard InChI is InChI=1S/C14H21N3O2S/c1-15-20(18,19)10-11-4-5-14-13(8-11)12(9-16-14)6-7-17(2)3/h4-5,8-9,15-16H,6-7,10H2,1-3H3/i2D3,3D3,4D,5D,6D2,7D2,8D,9D. The smallest absolute Gasteiger partial charge is 0.215 e. The van der Waals surface area contributed by atoms with Crippen LogP contribution in [0.1, 0.15) is 30.3 Å². The fourth-order valence-electron chi connectivity index (χ4n) is 1.45. The Kier molecular flexibility index (Phi) is 1.52. The van der Waals surface area contributed by atoms with Gasteiger partial charge in [0, 0.05) is 37.3 Å². The third-order valence-corrected chi connectivity index (χ3v) is 3.66. The van der Waals surface area contributed by atoms with Crippen LogP contribution in [-0.4, -0.2) is 45.8 Å². The first-order valence-corrected chi connectivity index (χ1v) is 7.00. The van der Waals surface area contributed by atoms with Crippen molar-refractivity contribution in [2.45, 2.75) is 12.1 Å².